The molecule has 0 spiro atoms. The fourth-order valence-electron chi connectivity index (χ4n) is 2.94. The number of allylic oxidation sites excluding steroid dienone is 1. The molecule has 126 valence electrons. The molecule has 2 heterocycles. The molecule has 0 saturated carbocycles. The van der Waals surface area contributed by atoms with Gasteiger partial charge in [0.1, 0.15) is 15.5 Å². The number of thiophene rings is 1. The van der Waals surface area contributed by atoms with Gasteiger partial charge in [-0.05, 0) is 61.2 Å². The number of hydrogen-bond donors (Lipinski definition) is 2. The molecule has 25 heavy (non-hydrogen) atoms. The molecule has 1 amide bonds. The van der Waals surface area contributed by atoms with Crippen LogP contribution in [0.25, 0.3) is 16.3 Å². The Labute approximate surface area is 148 Å². The molecule has 0 aliphatic heterocycles. The Morgan fingerprint density at radius 3 is 2.88 bits per heavy atom. The minimum atomic E-state index is -0.349. The predicted octanol–water partition coefficient (Wildman–Crippen LogP) is 4.62. The highest BCUT2D eigenvalue weighted by Crippen LogP contribution is 2.35. The van der Waals surface area contributed by atoms with E-state index in [-0.39, 0.29) is 11.7 Å². The van der Waals surface area contributed by atoms with E-state index >= 15 is 0 Å². The van der Waals surface area contributed by atoms with Gasteiger partial charge in [0, 0.05) is 11.1 Å². The number of nitrogens with zero attached hydrogens (tertiary/aromatic N) is 1. The van der Waals surface area contributed by atoms with Crippen molar-refractivity contribution in [3.63, 3.8) is 0 Å². The standard InChI is InChI=1S/C19H16FN3OS/c20-12-6-8-13(9-7-12)22-18(24)17-16(21)14-10-11-4-2-1-3-5-15(11)23-19(14)25-17/h3,5-10H,1-2,4,21H2,(H,22,24). The van der Waals surface area contributed by atoms with Crippen LogP contribution in [-0.2, 0) is 6.42 Å². The average Bonchev–Trinajstić information content (AvgIpc) is 2.78. The molecule has 0 fully saturated rings. The van der Waals surface area contributed by atoms with Crippen LogP contribution < -0.4 is 11.1 Å². The minimum Gasteiger partial charge on any atom is -0.397 e. The molecular weight excluding hydrogens is 337 g/mol. The second kappa shape index (κ2) is 6.29. The van der Waals surface area contributed by atoms with Gasteiger partial charge in [0.05, 0.1) is 11.4 Å². The van der Waals surface area contributed by atoms with Crippen LogP contribution in [0.4, 0.5) is 15.8 Å². The molecule has 2 aromatic heterocycles. The third kappa shape index (κ3) is 3.00. The van der Waals surface area contributed by atoms with E-state index in [2.05, 4.69) is 16.4 Å². The summed E-state index contributed by atoms with van der Waals surface area (Å²) >= 11 is 1.28. The maximum atomic E-state index is 13.0. The molecule has 1 aliphatic carbocycles. The van der Waals surface area contributed by atoms with E-state index in [9.17, 15) is 9.18 Å². The fraction of sp³-hybridized carbons (Fsp3) is 0.158. The van der Waals surface area contributed by atoms with Crippen molar-refractivity contribution in [1.82, 2.24) is 4.98 Å². The largest absolute Gasteiger partial charge is 0.397 e. The summed E-state index contributed by atoms with van der Waals surface area (Å²) in [4.78, 5) is 18.4. The summed E-state index contributed by atoms with van der Waals surface area (Å²) in [5, 5.41) is 3.57. The van der Waals surface area contributed by atoms with Crippen LogP contribution >= 0.6 is 11.3 Å². The lowest BCUT2D eigenvalue weighted by molar-refractivity contribution is 0.103. The Balaban J connectivity index is 1.71. The number of nitrogens with one attached hydrogen (secondary N) is 1. The molecule has 3 N–H and O–H groups in total. The van der Waals surface area contributed by atoms with E-state index in [0.717, 1.165) is 40.7 Å². The molecule has 0 atom stereocenters. The Morgan fingerprint density at radius 1 is 1.28 bits per heavy atom. The van der Waals surface area contributed by atoms with E-state index in [0.29, 0.717) is 16.3 Å². The van der Waals surface area contributed by atoms with E-state index < -0.39 is 0 Å². The highest BCUT2D eigenvalue weighted by atomic mass is 32.1. The molecule has 3 aromatic rings. The topological polar surface area (TPSA) is 68.0 Å². The van der Waals surface area contributed by atoms with Gasteiger partial charge in [0.25, 0.3) is 5.91 Å². The summed E-state index contributed by atoms with van der Waals surface area (Å²) in [6, 6.07) is 7.68. The number of pyridine rings is 1. The van der Waals surface area contributed by atoms with Gasteiger partial charge in [-0.2, -0.15) is 0 Å². The van der Waals surface area contributed by atoms with E-state index in [4.69, 9.17) is 5.73 Å². The Hall–Kier alpha value is -2.73. The number of rotatable bonds is 2. The van der Waals surface area contributed by atoms with Gasteiger partial charge in [-0.3, -0.25) is 4.79 Å². The number of nitrogens with two attached hydrogens (primary N) is 1. The predicted molar refractivity (Wildman–Crippen MR) is 100 cm³/mol. The third-order valence-electron chi connectivity index (χ3n) is 4.23. The first-order valence-corrected chi connectivity index (χ1v) is 8.89. The molecule has 0 unspecified atom stereocenters. The normalized spacial score (nSPS) is 13.5. The quantitative estimate of drug-likeness (QED) is 0.706. The number of benzene rings is 1. The summed E-state index contributed by atoms with van der Waals surface area (Å²) in [6.07, 6.45) is 7.25. The molecule has 1 aromatic carbocycles. The second-order valence-corrected chi connectivity index (χ2v) is 6.98. The number of nitrogen functional groups attached to an aromatic ring is 1. The zero-order valence-electron chi connectivity index (χ0n) is 13.4. The second-order valence-electron chi connectivity index (χ2n) is 5.99. The number of hydrogen-bond acceptors (Lipinski definition) is 4. The summed E-state index contributed by atoms with van der Waals surface area (Å²) in [5.74, 6) is -0.657. The maximum absolute atomic E-state index is 13.0. The number of anilines is 2. The zero-order valence-corrected chi connectivity index (χ0v) is 14.2. The van der Waals surface area contributed by atoms with E-state index in [1.54, 1.807) is 0 Å². The Bertz CT molecular complexity index is 992. The van der Waals surface area contributed by atoms with Gasteiger partial charge in [-0.25, -0.2) is 9.37 Å². The number of aryl methyl sites for hydroxylation is 1. The highest BCUT2D eigenvalue weighted by molar-refractivity contribution is 7.21. The van der Waals surface area contributed by atoms with Crippen molar-refractivity contribution in [3.8, 4) is 0 Å². The van der Waals surface area contributed by atoms with Gasteiger partial charge in [0.15, 0.2) is 0 Å². The summed E-state index contributed by atoms with van der Waals surface area (Å²) in [5.41, 5.74) is 9.31. The van der Waals surface area contributed by atoms with Crippen molar-refractivity contribution in [2.75, 3.05) is 11.1 Å². The first-order valence-electron chi connectivity index (χ1n) is 8.07. The van der Waals surface area contributed by atoms with Gasteiger partial charge in [0.2, 0.25) is 0 Å². The lowest BCUT2D eigenvalue weighted by atomic mass is 10.1. The van der Waals surface area contributed by atoms with Crippen LogP contribution in [0.3, 0.4) is 0 Å². The number of carbonyl (C=O) groups excluding carboxylic acids is 1. The van der Waals surface area contributed by atoms with Crippen molar-refractivity contribution >= 4 is 44.9 Å². The van der Waals surface area contributed by atoms with Crippen LogP contribution in [0.1, 0.15) is 33.8 Å². The van der Waals surface area contributed by atoms with Gasteiger partial charge in [-0.1, -0.05) is 6.08 Å². The first kappa shape index (κ1) is 15.8. The van der Waals surface area contributed by atoms with E-state index in [1.165, 1.54) is 35.6 Å². The van der Waals surface area contributed by atoms with Crippen LogP contribution in [0, 0.1) is 5.82 Å². The summed E-state index contributed by atoms with van der Waals surface area (Å²) in [7, 11) is 0. The lowest BCUT2D eigenvalue weighted by Gasteiger charge is -2.04. The molecule has 6 heteroatoms. The molecule has 1 aliphatic rings. The van der Waals surface area contributed by atoms with Crippen molar-refractivity contribution in [1.29, 1.82) is 0 Å². The number of aromatic nitrogens is 1. The van der Waals surface area contributed by atoms with Gasteiger partial charge >= 0.3 is 0 Å². The monoisotopic (exact) mass is 353 g/mol. The Kier molecular flexibility index (Phi) is 3.97. The number of amides is 1. The minimum absolute atomic E-state index is 0.308. The summed E-state index contributed by atoms with van der Waals surface area (Å²) < 4.78 is 13.0. The summed E-state index contributed by atoms with van der Waals surface area (Å²) in [6.45, 7) is 0. The van der Waals surface area contributed by atoms with Gasteiger partial charge in [-0.15, -0.1) is 11.3 Å². The first-order chi connectivity index (χ1) is 12.1. The number of fused-ring (bicyclic) bond motifs is 2. The highest BCUT2D eigenvalue weighted by Gasteiger charge is 2.19. The van der Waals surface area contributed by atoms with Crippen molar-refractivity contribution in [2.24, 2.45) is 0 Å². The number of halogens is 1. The van der Waals surface area contributed by atoms with E-state index in [1.807, 2.05) is 12.1 Å². The zero-order chi connectivity index (χ0) is 17.4. The molecule has 0 saturated heterocycles. The van der Waals surface area contributed by atoms with Gasteiger partial charge < -0.3 is 11.1 Å². The molecular formula is C19H16FN3OS. The average molecular weight is 353 g/mol. The van der Waals surface area contributed by atoms with Crippen LogP contribution in [-0.4, -0.2) is 10.9 Å². The smallest absolute Gasteiger partial charge is 0.267 e. The van der Waals surface area contributed by atoms with Crippen LogP contribution in [0.5, 0.6) is 0 Å². The molecule has 0 bridgehead atoms. The lowest BCUT2D eigenvalue weighted by Crippen LogP contribution is -2.11. The number of carbonyl (C=O) groups is 1. The third-order valence-corrected chi connectivity index (χ3v) is 5.35. The maximum Gasteiger partial charge on any atom is 0.267 e. The van der Waals surface area contributed by atoms with Crippen LogP contribution in [0.15, 0.2) is 36.4 Å². The van der Waals surface area contributed by atoms with Crippen molar-refractivity contribution in [3.05, 3.63) is 58.4 Å². The molecule has 4 rings (SSSR count). The van der Waals surface area contributed by atoms with Crippen LogP contribution in [0.2, 0.25) is 0 Å². The van der Waals surface area contributed by atoms with Crippen molar-refractivity contribution in [2.45, 2.75) is 19.3 Å². The fourth-order valence-corrected chi connectivity index (χ4v) is 3.92. The molecule has 0 radical (unpaired) electrons. The SMILES string of the molecule is Nc1c(C(=O)Nc2ccc(F)cc2)sc2nc3c(cc12)CCCC=C3. The Morgan fingerprint density at radius 2 is 2.08 bits per heavy atom. The molecule has 4 nitrogen and oxygen atoms in total. The van der Waals surface area contributed by atoms with Crippen molar-refractivity contribution < 1.29 is 9.18 Å².